The molecule has 2 aromatic rings. The maximum Gasteiger partial charge on any atom is 0.322 e. The maximum absolute atomic E-state index is 10.7. The Kier molecular flexibility index (Phi) is 4.61. The summed E-state index contributed by atoms with van der Waals surface area (Å²) in [6, 6.07) is 14.4. The molecular formula is C15H15ClN2O2. The molecule has 2 aromatic carbocycles. The average molecular weight is 291 g/mol. The second-order valence-corrected chi connectivity index (χ2v) is 4.80. The van der Waals surface area contributed by atoms with Crippen molar-refractivity contribution < 1.29 is 9.90 Å². The first-order valence-corrected chi connectivity index (χ1v) is 6.51. The van der Waals surface area contributed by atoms with Gasteiger partial charge in [0.1, 0.15) is 6.54 Å². The fourth-order valence-corrected chi connectivity index (χ4v) is 2.14. The summed E-state index contributed by atoms with van der Waals surface area (Å²) in [6.07, 6.45) is 0. The highest BCUT2D eigenvalue weighted by Gasteiger charge is 2.14. The molecule has 0 saturated heterocycles. The number of carboxylic acids is 1. The summed E-state index contributed by atoms with van der Waals surface area (Å²) in [5.41, 5.74) is 8.63. The summed E-state index contributed by atoms with van der Waals surface area (Å²) >= 11 is 6.01. The van der Waals surface area contributed by atoms with E-state index in [1.54, 1.807) is 18.2 Å². The van der Waals surface area contributed by atoms with Gasteiger partial charge in [0, 0.05) is 10.7 Å². The van der Waals surface area contributed by atoms with Crippen LogP contribution in [0.5, 0.6) is 0 Å². The Balaban J connectivity index is 2.33. The molecule has 0 saturated carbocycles. The Bertz CT molecular complexity index is 602. The number of nitrogens with two attached hydrogens (primary N) is 1. The topological polar surface area (TPSA) is 75.3 Å². The van der Waals surface area contributed by atoms with E-state index in [-0.39, 0.29) is 12.6 Å². The normalized spacial score (nSPS) is 11.9. The zero-order valence-corrected chi connectivity index (χ0v) is 11.5. The number of hydrogen-bond donors (Lipinski definition) is 3. The molecule has 0 spiro atoms. The molecule has 0 radical (unpaired) electrons. The average Bonchev–Trinajstić information content (AvgIpc) is 2.46. The predicted molar refractivity (Wildman–Crippen MR) is 80.0 cm³/mol. The van der Waals surface area contributed by atoms with Crippen LogP contribution in [0.4, 0.5) is 5.69 Å². The lowest BCUT2D eigenvalue weighted by molar-refractivity contribution is -0.134. The Hall–Kier alpha value is -2.04. The van der Waals surface area contributed by atoms with Crippen LogP contribution in [0, 0.1) is 0 Å². The fraction of sp³-hybridized carbons (Fsp3) is 0.133. The summed E-state index contributed by atoms with van der Waals surface area (Å²) in [5, 5.41) is 12.2. The van der Waals surface area contributed by atoms with E-state index in [1.807, 2.05) is 30.3 Å². The molecule has 0 amide bonds. The Morgan fingerprint density at radius 3 is 2.60 bits per heavy atom. The minimum atomic E-state index is -0.931. The summed E-state index contributed by atoms with van der Waals surface area (Å²) in [5.74, 6) is -0.931. The van der Waals surface area contributed by atoms with Crippen molar-refractivity contribution in [3.05, 3.63) is 64.7 Å². The molecule has 2 rings (SSSR count). The lowest BCUT2D eigenvalue weighted by Crippen LogP contribution is -2.18. The van der Waals surface area contributed by atoms with Crippen LogP contribution in [0.1, 0.15) is 17.2 Å². The zero-order valence-electron chi connectivity index (χ0n) is 10.7. The molecule has 0 fully saturated rings. The van der Waals surface area contributed by atoms with Crippen LogP contribution in [-0.4, -0.2) is 17.6 Å². The van der Waals surface area contributed by atoms with Crippen molar-refractivity contribution in [2.45, 2.75) is 6.04 Å². The zero-order chi connectivity index (χ0) is 14.5. The van der Waals surface area contributed by atoms with Gasteiger partial charge in [-0.15, -0.1) is 0 Å². The monoisotopic (exact) mass is 290 g/mol. The van der Waals surface area contributed by atoms with Gasteiger partial charge < -0.3 is 16.2 Å². The predicted octanol–water partition coefficient (Wildman–Crippen LogP) is 2.88. The van der Waals surface area contributed by atoms with E-state index in [9.17, 15) is 4.79 Å². The number of carbonyl (C=O) groups is 1. The highest BCUT2D eigenvalue weighted by Crippen LogP contribution is 2.29. The van der Waals surface area contributed by atoms with Gasteiger partial charge in [0.05, 0.1) is 6.04 Å². The number of carboxylic acid groups (broad SMARTS) is 1. The van der Waals surface area contributed by atoms with Gasteiger partial charge >= 0.3 is 5.97 Å². The third-order valence-electron chi connectivity index (χ3n) is 2.94. The quantitative estimate of drug-likeness (QED) is 0.791. The molecule has 4 nitrogen and oxygen atoms in total. The Labute approximate surface area is 122 Å². The number of nitrogens with one attached hydrogen (secondary N) is 1. The number of hydrogen-bond acceptors (Lipinski definition) is 3. The van der Waals surface area contributed by atoms with Crippen LogP contribution in [0.2, 0.25) is 5.02 Å². The number of aliphatic carboxylic acids is 1. The standard InChI is InChI=1S/C15H15ClN2O2/c16-11-6-7-13(18-9-14(19)20)12(8-11)15(17)10-4-2-1-3-5-10/h1-8,15,18H,9,17H2,(H,19,20). The molecule has 0 aromatic heterocycles. The van der Waals surface area contributed by atoms with Crippen molar-refractivity contribution in [2.75, 3.05) is 11.9 Å². The van der Waals surface area contributed by atoms with E-state index in [0.29, 0.717) is 10.7 Å². The van der Waals surface area contributed by atoms with Crippen molar-refractivity contribution in [1.29, 1.82) is 0 Å². The van der Waals surface area contributed by atoms with Crippen LogP contribution in [-0.2, 0) is 4.79 Å². The van der Waals surface area contributed by atoms with Gasteiger partial charge in [-0.25, -0.2) is 0 Å². The van der Waals surface area contributed by atoms with Gasteiger partial charge in [-0.2, -0.15) is 0 Å². The Morgan fingerprint density at radius 2 is 1.95 bits per heavy atom. The van der Waals surface area contributed by atoms with Gasteiger partial charge in [0.15, 0.2) is 0 Å². The van der Waals surface area contributed by atoms with Gasteiger partial charge in [-0.05, 0) is 29.3 Å². The van der Waals surface area contributed by atoms with Gasteiger partial charge in [-0.3, -0.25) is 4.79 Å². The van der Waals surface area contributed by atoms with Crippen LogP contribution < -0.4 is 11.1 Å². The molecule has 20 heavy (non-hydrogen) atoms. The molecule has 1 unspecified atom stereocenters. The smallest absolute Gasteiger partial charge is 0.322 e. The highest BCUT2D eigenvalue weighted by molar-refractivity contribution is 6.30. The van der Waals surface area contributed by atoms with Gasteiger partial charge in [0.25, 0.3) is 0 Å². The summed E-state index contributed by atoms with van der Waals surface area (Å²) in [4.78, 5) is 10.7. The van der Waals surface area contributed by atoms with E-state index < -0.39 is 5.97 Å². The molecule has 0 aliphatic rings. The van der Waals surface area contributed by atoms with Gasteiger partial charge in [0.2, 0.25) is 0 Å². The summed E-state index contributed by atoms with van der Waals surface area (Å²) < 4.78 is 0. The first-order valence-electron chi connectivity index (χ1n) is 6.13. The van der Waals surface area contributed by atoms with Crippen LogP contribution >= 0.6 is 11.6 Å². The Morgan fingerprint density at radius 1 is 1.25 bits per heavy atom. The SMILES string of the molecule is NC(c1ccccc1)c1cc(Cl)ccc1NCC(=O)O. The van der Waals surface area contributed by atoms with Crippen molar-refractivity contribution in [1.82, 2.24) is 0 Å². The second kappa shape index (κ2) is 6.41. The lowest BCUT2D eigenvalue weighted by atomic mass is 9.98. The minimum absolute atomic E-state index is 0.170. The lowest BCUT2D eigenvalue weighted by Gasteiger charge is -2.18. The molecule has 0 bridgehead atoms. The number of halogens is 1. The van der Waals surface area contributed by atoms with E-state index in [4.69, 9.17) is 22.4 Å². The number of anilines is 1. The third-order valence-corrected chi connectivity index (χ3v) is 3.17. The van der Waals surface area contributed by atoms with Gasteiger partial charge in [-0.1, -0.05) is 41.9 Å². The molecule has 0 aliphatic carbocycles. The molecule has 104 valence electrons. The van der Waals surface area contributed by atoms with E-state index in [2.05, 4.69) is 5.32 Å². The maximum atomic E-state index is 10.7. The van der Waals surface area contributed by atoms with E-state index in [0.717, 1.165) is 11.1 Å². The van der Waals surface area contributed by atoms with Crippen molar-refractivity contribution in [3.63, 3.8) is 0 Å². The van der Waals surface area contributed by atoms with E-state index in [1.165, 1.54) is 0 Å². The van der Waals surface area contributed by atoms with Crippen molar-refractivity contribution >= 4 is 23.3 Å². The van der Waals surface area contributed by atoms with Crippen molar-refractivity contribution in [2.24, 2.45) is 5.73 Å². The first kappa shape index (κ1) is 14.4. The third kappa shape index (κ3) is 3.50. The summed E-state index contributed by atoms with van der Waals surface area (Å²) in [7, 11) is 0. The number of rotatable bonds is 5. The molecule has 4 N–H and O–H groups in total. The van der Waals surface area contributed by atoms with Crippen LogP contribution in [0.15, 0.2) is 48.5 Å². The first-order chi connectivity index (χ1) is 9.58. The second-order valence-electron chi connectivity index (χ2n) is 4.37. The van der Waals surface area contributed by atoms with Crippen LogP contribution in [0.3, 0.4) is 0 Å². The van der Waals surface area contributed by atoms with Crippen LogP contribution in [0.25, 0.3) is 0 Å². The minimum Gasteiger partial charge on any atom is -0.480 e. The highest BCUT2D eigenvalue weighted by atomic mass is 35.5. The van der Waals surface area contributed by atoms with E-state index >= 15 is 0 Å². The summed E-state index contributed by atoms with van der Waals surface area (Å²) in [6.45, 7) is -0.170. The number of benzene rings is 2. The molecule has 5 heteroatoms. The fourth-order valence-electron chi connectivity index (χ4n) is 1.96. The molecule has 1 atom stereocenters. The molecular weight excluding hydrogens is 276 g/mol. The largest absolute Gasteiger partial charge is 0.480 e. The molecule has 0 heterocycles. The molecule has 0 aliphatic heterocycles. The van der Waals surface area contributed by atoms with Crippen molar-refractivity contribution in [3.8, 4) is 0 Å².